The molecule has 0 amide bonds. The van der Waals surface area contributed by atoms with Crippen molar-refractivity contribution in [3.05, 3.63) is 53.1 Å². The Morgan fingerprint density at radius 2 is 1.20 bits per heavy atom. The lowest BCUT2D eigenvalue weighted by Gasteiger charge is -2.37. The third-order valence-corrected chi connectivity index (χ3v) is 11.5. The predicted molar refractivity (Wildman–Crippen MR) is 174 cm³/mol. The van der Waals surface area contributed by atoms with E-state index in [9.17, 15) is 0 Å². The molecule has 0 saturated heterocycles. The summed E-state index contributed by atoms with van der Waals surface area (Å²) in [7, 11) is 0. The number of hydrogen-bond donors (Lipinski definition) is 0. The van der Waals surface area contributed by atoms with Crippen molar-refractivity contribution in [3.63, 3.8) is 0 Å². The number of aryl methyl sites for hydroxylation is 3. The molecule has 0 aliphatic heterocycles. The highest BCUT2D eigenvalue weighted by Gasteiger charge is 2.30. The van der Waals surface area contributed by atoms with E-state index in [4.69, 9.17) is 4.74 Å². The Labute approximate surface area is 247 Å². The molecule has 2 aliphatic carbocycles. The second-order valence-corrected chi connectivity index (χ2v) is 13.7. The molecule has 0 heterocycles. The summed E-state index contributed by atoms with van der Waals surface area (Å²) in [6.07, 6.45) is 20.1. The summed E-state index contributed by atoms with van der Waals surface area (Å²) < 4.78 is 6.63. The normalized spacial score (nSPS) is 23.8. The Hall–Kier alpha value is -1.76. The minimum Gasteiger partial charge on any atom is -0.492 e. The van der Waals surface area contributed by atoms with Gasteiger partial charge in [-0.05, 0) is 134 Å². The summed E-state index contributed by atoms with van der Waals surface area (Å²) in [4.78, 5) is 0. The van der Waals surface area contributed by atoms with E-state index in [1.807, 2.05) is 0 Å². The Morgan fingerprint density at radius 3 is 1.70 bits per heavy atom. The van der Waals surface area contributed by atoms with Crippen molar-refractivity contribution in [2.24, 2.45) is 29.1 Å². The van der Waals surface area contributed by atoms with Crippen molar-refractivity contribution < 1.29 is 4.74 Å². The van der Waals surface area contributed by atoms with Crippen LogP contribution in [0, 0.1) is 29.1 Å². The molecule has 1 heteroatoms. The molecule has 0 radical (unpaired) electrons. The van der Waals surface area contributed by atoms with Gasteiger partial charge in [-0.15, -0.1) is 0 Å². The van der Waals surface area contributed by atoms with Gasteiger partial charge in [-0.3, -0.25) is 0 Å². The number of ether oxygens (including phenoxy) is 1. The second-order valence-electron chi connectivity index (χ2n) is 13.7. The Bertz CT molecular complexity index is 980. The molecule has 222 valence electrons. The van der Waals surface area contributed by atoms with Gasteiger partial charge in [-0.1, -0.05) is 91.5 Å². The summed E-state index contributed by atoms with van der Waals surface area (Å²) >= 11 is 0. The molecular weight excluding hydrogens is 484 g/mol. The summed E-state index contributed by atoms with van der Waals surface area (Å²) in [6, 6.07) is 14.3. The average Bonchev–Trinajstić information content (AvgIpc) is 3.01. The van der Waals surface area contributed by atoms with Gasteiger partial charge < -0.3 is 4.74 Å². The van der Waals surface area contributed by atoms with Gasteiger partial charge in [0.1, 0.15) is 5.75 Å². The van der Waals surface area contributed by atoms with Gasteiger partial charge >= 0.3 is 0 Å². The van der Waals surface area contributed by atoms with E-state index in [2.05, 4.69) is 77.9 Å². The molecule has 2 saturated carbocycles. The third kappa shape index (κ3) is 7.74. The van der Waals surface area contributed by atoms with Crippen LogP contribution in [0.1, 0.15) is 135 Å². The van der Waals surface area contributed by atoms with Crippen molar-refractivity contribution >= 4 is 0 Å². The van der Waals surface area contributed by atoms with Crippen LogP contribution in [0.15, 0.2) is 36.4 Å². The van der Waals surface area contributed by atoms with Gasteiger partial charge in [-0.25, -0.2) is 0 Å². The monoisotopic (exact) mass is 544 g/mol. The fourth-order valence-electron chi connectivity index (χ4n) is 7.85. The molecule has 2 aromatic rings. The highest BCUT2D eigenvalue weighted by atomic mass is 16.5. The molecule has 2 aliphatic rings. The molecule has 40 heavy (non-hydrogen) atoms. The lowest BCUT2D eigenvalue weighted by molar-refractivity contribution is 0.126. The molecule has 0 unspecified atom stereocenters. The molecule has 0 N–H and O–H groups in total. The van der Waals surface area contributed by atoms with E-state index in [0.29, 0.717) is 0 Å². The molecule has 0 aromatic heterocycles. The van der Waals surface area contributed by atoms with Gasteiger partial charge in [0, 0.05) is 5.41 Å². The van der Waals surface area contributed by atoms with Crippen LogP contribution >= 0.6 is 0 Å². The minimum atomic E-state index is 0.290. The van der Waals surface area contributed by atoms with Gasteiger partial charge in [0.25, 0.3) is 0 Å². The fourth-order valence-corrected chi connectivity index (χ4v) is 7.85. The van der Waals surface area contributed by atoms with E-state index in [-0.39, 0.29) is 5.41 Å². The molecule has 2 aromatic carbocycles. The van der Waals surface area contributed by atoms with Gasteiger partial charge in [0.05, 0.1) is 6.61 Å². The van der Waals surface area contributed by atoms with Crippen LogP contribution < -0.4 is 4.74 Å². The standard InChI is InChI=1S/C39H60O/c1-7-32-26-37(27-33(8-2)38(32)40-28-39(9-3,10-4)11-5)36-24-18-31(19-25-36)15-14-30-16-22-35(23-17-30)34-20-12-29(6)13-21-34/h18-19,24-27,29-30,34-35H,7-17,20-23,28H2,1-6H3. The van der Waals surface area contributed by atoms with Gasteiger partial charge in [0.2, 0.25) is 0 Å². The first kappa shape index (κ1) is 31.2. The van der Waals surface area contributed by atoms with Crippen LogP contribution in [0.5, 0.6) is 5.75 Å². The van der Waals surface area contributed by atoms with Gasteiger partial charge in [0.15, 0.2) is 0 Å². The molecule has 0 atom stereocenters. The second kappa shape index (κ2) is 14.9. The Morgan fingerprint density at radius 1 is 0.675 bits per heavy atom. The maximum absolute atomic E-state index is 6.63. The first-order valence-corrected chi connectivity index (χ1v) is 17.3. The smallest absolute Gasteiger partial charge is 0.125 e. The zero-order valence-electron chi connectivity index (χ0n) is 27.0. The summed E-state index contributed by atoms with van der Waals surface area (Å²) in [5.74, 6) is 5.15. The Kier molecular flexibility index (Phi) is 11.6. The van der Waals surface area contributed by atoms with Crippen molar-refractivity contribution in [3.8, 4) is 16.9 Å². The maximum atomic E-state index is 6.63. The van der Waals surface area contributed by atoms with Crippen LogP contribution in [0.3, 0.4) is 0 Å². The number of hydrogen-bond acceptors (Lipinski definition) is 1. The molecule has 0 bridgehead atoms. The first-order chi connectivity index (χ1) is 19.4. The van der Waals surface area contributed by atoms with E-state index in [1.165, 1.54) is 111 Å². The predicted octanol–water partition coefficient (Wildman–Crippen LogP) is 11.6. The zero-order chi connectivity index (χ0) is 28.5. The average molecular weight is 545 g/mol. The Balaban J connectivity index is 1.34. The largest absolute Gasteiger partial charge is 0.492 e. The first-order valence-electron chi connectivity index (χ1n) is 17.3. The molecule has 1 nitrogen and oxygen atoms in total. The van der Waals surface area contributed by atoms with Crippen LogP contribution in [0.4, 0.5) is 0 Å². The van der Waals surface area contributed by atoms with Crippen LogP contribution in [-0.2, 0) is 19.3 Å². The highest BCUT2D eigenvalue weighted by molar-refractivity contribution is 5.68. The topological polar surface area (TPSA) is 9.23 Å². The highest BCUT2D eigenvalue weighted by Crippen LogP contribution is 2.42. The molecule has 4 rings (SSSR count). The number of rotatable bonds is 13. The van der Waals surface area contributed by atoms with Crippen molar-refractivity contribution in [1.29, 1.82) is 0 Å². The van der Waals surface area contributed by atoms with Gasteiger partial charge in [-0.2, -0.15) is 0 Å². The van der Waals surface area contributed by atoms with E-state index in [1.54, 1.807) is 0 Å². The van der Waals surface area contributed by atoms with Crippen molar-refractivity contribution in [1.82, 2.24) is 0 Å². The fraction of sp³-hybridized carbons (Fsp3) is 0.692. The van der Waals surface area contributed by atoms with Crippen molar-refractivity contribution in [2.75, 3.05) is 6.61 Å². The molecule has 0 spiro atoms. The SMILES string of the molecule is CCc1cc(-c2ccc(CCC3CCC(C4CCC(C)CC4)CC3)cc2)cc(CC)c1OCC(CC)(CC)CC. The van der Waals surface area contributed by atoms with Crippen LogP contribution in [0.25, 0.3) is 11.1 Å². The summed E-state index contributed by atoms with van der Waals surface area (Å²) in [5.41, 5.74) is 7.19. The van der Waals surface area contributed by atoms with E-state index >= 15 is 0 Å². The lowest BCUT2D eigenvalue weighted by Crippen LogP contribution is -2.27. The summed E-state index contributed by atoms with van der Waals surface area (Å²) in [6.45, 7) is 14.8. The molecular formula is C39H60O. The maximum Gasteiger partial charge on any atom is 0.125 e. The summed E-state index contributed by atoms with van der Waals surface area (Å²) in [5, 5.41) is 0. The van der Waals surface area contributed by atoms with E-state index in [0.717, 1.165) is 48.9 Å². The third-order valence-electron chi connectivity index (χ3n) is 11.5. The van der Waals surface area contributed by atoms with Crippen LogP contribution in [-0.4, -0.2) is 6.61 Å². The number of benzene rings is 2. The van der Waals surface area contributed by atoms with Crippen molar-refractivity contribution in [2.45, 2.75) is 138 Å². The lowest BCUT2D eigenvalue weighted by atomic mass is 9.69. The zero-order valence-corrected chi connectivity index (χ0v) is 27.0. The van der Waals surface area contributed by atoms with E-state index < -0.39 is 0 Å². The van der Waals surface area contributed by atoms with Crippen LogP contribution in [0.2, 0.25) is 0 Å². The molecule has 2 fully saturated rings. The quantitative estimate of drug-likeness (QED) is 0.244. The minimum absolute atomic E-state index is 0.290.